The van der Waals surface area contributed by atoms with E-state index in [4.69, 9.17) is 4.55 Å². The number of carbonyl (C=O) groups is 1. The molecular formula is C13H15F3O5S. The van der Waals surface area contributed by atoms with Crippen LogP contribution in [0.4, 0.5) is 13.2 Å². The van der Waals surface area contributed by atoms with Gasteiger partial charge in [-0.25, -0.2) is 9.18 Å². The summed E-state index contributed by atoms with van der Waals surface area (Å²) in [5, 5.41) is -4.93. The van der Waals surface area contributed by atoms with E-state index in [1.54, 1.807) is 12.1 Å². The summed E-state index contributed by atoms with van der Waals surface area (Å²) in [6.45, 7) is -0.0160. The van der Waals surface area contributed by atoms with E-state index < -0.39 is 34.1 Å². The summed E-state index contributed by atoms with van der Waals surface area (Å²) in [6.07, 6.45) is -1.30. The largest absolute Gasteiger partial charge is 0.448 e. The number of ether oxygens (including phenoxy) is 1. The third-order valence-electron chi connectivity index (χ3n) is 2.84. The zero-order valence-electron chi connectivity index (χ0n) is 11.6. The lowest BCUT2D eigenvalue weighted by Crippen LogP contribution is -2.45. The molecule has 124 valence electrons. The number of rotatable bonds is 7. The van der Waals surface area contributed by atoms with E-state index in [2.05, 4.69) is 4.74 Å². The molecule has 9 heteroatoms. The van der Waals surface area contributed by atoms with Crippen LogP contribution >= 0.6 is 0 Å². The van der Waals surface area contributed by atoms with Crippen LogP contribution in [-0.4, -0.2) is 37.0 Å². The van der Waals surface area contributed by atoms with E-state index >= 15 is 0 Å². The van der Waals surface area contributed by atoms with Gasteiger partial charge in [-0.15, -0.1) is 0 Å². The van der Waals surface area contributed by atoms with Crippen molar-refractivity contribution >= 4 is 16.1 Å². The van der Waals surface area contributed by atoms with Gasteiger partial charge in [0.15, 0.2) is 0 Å². The third-order valence-corrected chi connectivity index (χ3v) is 3.79. The van der Waals surface area contributed by atoms with Crippen LogP contribution in [-0.2, 0) is 21.3 Å². The number of benzene rings is 1. The van der Waals surface area contributed by atoms with E-state index in [1.165, 1.54) is 12.1 Å². The maximum atomic E-state index is 13.3. The molecule has 0 amide bonds. The first kappa shape index (κ1) is 18.4. The van der Waals surface area contributed by atoms with Gasteiger partial charge in [0.25, 0.3) is 0 Å². The maximum absolute atomic E-state index is 13.3. The van der Waals surface area contributed by atoms with Crippen molar-refractivity contribution in [1.82, 2.24) is 0 Å². The van der Waals surface area contributed by atoms with Gasteiger partial charge in [-0.05, 0) is 24.1 Å². The fourth-order valence-electron chi connectivity index (χ4n) is 1.65. The Morgan fingerprint density at radius 1 is 1.32 bits per heavy atom. The Morgan fingerprint density at radius 2 is 1.86 bits per heavy atom. The van der Waals surface area contributed by atoms with Crippen LogP contribution in [0.15, 0.2) is 24.3 Å². The van der Waals surface area contributed by atoms with Crippen molar-refractivity contribution in [2.45, 2.75) is 31.1 Å². The Hall–Kier alpha value is -1.61. The number of hydrogen-bond acceptors (Lipinski definition) is 4. The molecule has 0 saturated carbocycles. The lowest BCUT2D eigenvalue weighted by Gasteiger charge is -2.21. The lowest BCUT2D eigenvalue weighted by molar-refractivity contribution is -0.0714. The molecule has 0 aromatic heterocycles. The quantitative estimate of drug-likeness (QED) is 0.609. The Bertz CT molecular complexity index is 613. The average Bonchev–Trinajstić information content (AvgIpc) is 2.44. The molecule has 0 fully saturated rings. The van der Waals surface area contributed by atoms with Gasteiger partial charge in [-0.2, -0.15) is 17.2 Å². The fourth-order valence-corrected chi connectivity index (χ4v) is 2.09. The van der Waals surface area contributed by atoms with Crippen LogP contribution in [0.5, 0.6) is 0 Å². The molecule has 1 unspecified atom stereocenters. The van der Waals surface area contributed by atoms with E-state index in [9.17, 15) is 26.4 Å². The van der Waals surface area contributed by atoms with Crippen molar-refractivity contribution in [3.8, 4) is 0 Å². The fraction of sp³-hybridized carbons (Fsp3) is 0.462. The molecule has 0 aliphatic carbocycles. The second-order valence-electron chi connectivity index (χ2n) is 4.53. The third kappa shape index (κ3) is 4.20. The highest BCUT2D eigenvalue weighted by molar-refractivity contribution is 7.86. The molecule has 1 aromatic rings. The smallest absolute Gasteiger partial charge is 0.408 e. The molecule has 1 rings (SSSR count). The predicted molar refractivity (Wildman–Crippen MR) is 72.1 cm³/mol. The molecule has 0 aliphatic rings. The highest BCUT2D eigenvalue weighted by Gasteiger charge is 2.54. The van der Waals surface area contributed by atoms with E-state index in [-0.39, 0.29) is 5.56 Å². The first-order valence-electron chi connectivity index (χ1n) is 6.34. The van der Waals surface area contributed by atoms with Crippen molar-refractivity contribution < 1.29 is 35.7 Å². The predicted octanol–water partition coefficient (Wildman–Crippen LogP) is 2.61. The first-order valence-corrected chi connectivity index (χ1v) is 7.78. The number of aryl methyl sites for hydroxylation is 1. The minimum absolute atomic E-state index is 0.135. The second kappa shape index (κ2) is 7.10. The minimum Gasteiger partial charge on any atom is -0.448 e. The Morgan fingerprint density at radius 3 is 2.27 bits per heavy atom. The number of alkyl halides is 3. The van der Waals surface area contributed by atoms with Crippen LogP contribution in [0.3, 0.4) is 0 Å². The molecule has 0 spiro atoms. The Labute approximate surface area is 125 Å². The molecule has 1 atom stereocenters. The molecule has 1 aromatic carbocycles. The van der Waals surface area contributed by atoms with E-state index in [1.807, 2.05) is 6.92 Å². The van der Waals surface area contributed by atoms with Crippen LogP contribution in [0.1, 0.15) is 29.3 Å². The van der Waals surface area contributed by atoms with Gasteiger partial charge in [0, 0.05) is 0 Å². The van der Waals surface area contributed by atoms with Crippen molar-refractivity contribution in [1.29, 1.82) is 0 Å². The normalized spacial score (nSPS) is 13.7. The highest BCUT2D eigenvalue weighted by atomic mass is 32.2. The van der Waals surface area contributed by atoms with Gasteiger partial charge in [0.05, 0.1) is 5.56 Å². The monoisotopic (exact) mass is 340 g/mol. The number of esters is 1. The van der Waals surface area contributed by atoms with Gasteiger partial charge < -0.3 is 4.74 Å². The molecule has 0 aliphatic heterocycles. The molecule has 0 heterocycles. The summed E-state index contributed by atoms with van der Waals surface area (Å²) in [5.74, 6) is -1.31. The van der Waals surface area contributed by atoms with Crippen LogP contribution in [0.25, 0.3) is 0 Å². The topological polar surface area (TPSA) is 80.7 Å². The molecule has 0 saturated heterocycles. The van der Waals surface area contributed by atoms with Crippen LogP contribution in [0, 0.1) is 0 Å². The zero-order chi connectivity index (χ0) is 17.0. The van der Waals surface area contributed by atoms with Crippen molar-refractivity contribution in [2.24, 2.45) is 0 Å². The van der Waals surface area contributed by atoms with Gasteiger partial charge in [0.2, 0.25) is 6.10 Å². The van der Waals surface area contributed by atoms with Crippen LogP contribution < -0.4 is 0 Å². The maximum Gasteiger partial charge on any atom is 0.408 e. The SMILES string of the molecule is CCCc1ccc(C(=O)OC(CF)C(F)(F)S(=O)(=O)O)cc1. The Balaban J connectivity index is 2.90. The molecule has 1 N–H and O–H groups in total. The molecular weight excluding hydrogens is 325 g/mol. The zero-order valence-corrected chi connectivity index (χ0v) is 12.4. The molecule has 0 radical (unpaired) electrons. The van der Waals surface area contributed by atoms with Gasteiger partial charge in [0.1, 0.15) is 6.67 Å². The van der Waals surface area contributed by atoms with Gasteiger partial charge in [-0.1, -0.05) is 25.5 Å². The number of carbonyl (C=O) groups excluding carboxylic acids is 1. The standard InChI is InChI=1S/C13H15F3O5S/c1-2-3-9-4-6-10(7-5-9)12(17)21-11(8-14)13(15,16)22(18,19)20/h4-7,11H,2-3,8H2,1H3,(H,18,19,20). The molecule has 22 heavy (non-hydrogen) atoms. The van der Waals surface area contributed by atoms with Gasteiger partial charge in [-0.3, -0.25) is 4.55 Å². The summed E-state index contributed by atoms with van der Waals surface area (Å²) in [4.78, 5) is 11.7. The van der Waals surface area contributed by atoms with E-state index in [0.717, 1.165) is 18.4 Å². The van der Waals surface area contributed by atoms with Crippen LogP contribution in [0.2, 0.25) is 0 Å². The number of hydrogen-bond donors (Lipinski definition) is 1. The summed E-state index contributed by atoms with van der Waals surface area (Å²) < 4.78 is 72.8. The molecule has 0 bridgehead atoms. The number of halogens is 3. The average molecular weight is 340 g/mol. The first-order chi connectivity index (χ1) is 10.1. The summed E-state index contributed by atoms with van der Waals surface area (Å²) in [5.41, 5.74) is 0.772. The summed E-state index contributed by atoms with van der Waals surface area (Å²) in [7, 11) is -5.91. The minimum atomic E-state index is -5.91. The highest BCUT2D eigenvalue weighted by Crippen LogP contribution is 2.28. The molecule has 5 nitrogen and oxygen atoms in total. The van der Waals surface area contributed by atoms with Gasteiger partial charge >= 0.3 is 21.3 Å². The van der Waals surface area contributed by atoms with Crippen molar-refractivity contribution in [2.75, 3.05) is 6.67 Å². The Kier molecular flexibility index (Phi) is 5.95. The van der Waals surface area contributed by atoms with Crippen molar-refractivity contribution in [3.05, 3.63) is 35.4 Å². The summed E-state index contributed by atoms with van der Waals surface area (Å²) >= 11 is 0. The van der Waals surface area contributed by atoms with Crippen molar-refractivity contribution in [3.63, 3.8) is 0 Å². The lowest BCUT2D eigenvalue weighted by atomic mass is 10.1. The van der Waals surface area contributed by atoms with E-state index in [0.29, 0.717) is 0 Å². The summed E-state index contributed by atoms with van der Waals surface area (Å²) in [6, 6.07) is 5.75. The second-order valence-corrected chi connectivity index (χ2v) is 6.03.